The van der Waals surface area contributed by atoms with Gasteiger partial charge in [-0.1, -0.05) is 6.07 Å². The molecule has 0 aliphatic heterocycles. The number of hydrogen-bond acceptors (Lipinski definition) is 3. The minimum Gasteiger partial charge on any atom is -0.398 e. The summed E-state index contributed by atoms with van der Waals surface area (Å²) in [6.07, 6.45) is 3.36. The lowest BCUT2D eigenvalue weighted by molar-refractivity contribution is 1.00. The van der Waals surface area contributed by atoms with Crippen LogP contribution in [0.5, 0.6) is 0 Å². The van der Waals surface area contributed by atoms with Crippen molar-refractivity contribution in [3.8, 4) is 0 Å². The SMILES string of the molecule is Cn1c2cncnc2c2c(N)cccc21. The Balaban J connectivity index is 2.70. The standard InChI is InChI=1S/C11H10N4/c1-15-8-4-2-3-7(12)10(8)11-9(15)5-13-6-14-11/h2-6H,12H2,1H3. The average molecular weight is 198 g/mol. The molecule has 0 saturated carbocycles. The summed E-state index contributed by atoms with van der Waals surface area (Å²) in [5, 5.41) is 1.01. The highest BCUT2D eigenvalue weighted by atomic mass is 15.0. The fourth-order valence-corrected chi connectivity index (χ4v) is 1.99. The van der Waals surface area contributed by atoms with E-state index in [9.17, 15) is 0 Å². The van der Waals surface area contributed by atoms with Crippen LogP contribution in [0.1, 0.15) is 0 Å². The number of nitrogens with two attached hydrogens (primary N) is 1. The number of benzene rings is 1. The van der Waals surface area contributed by atoms with Gasteiger partial charge in [-0.3, -0.25) is 0 Å². The van der Waals surface area contributed by atoms with Gasteiger partial charge in [0.2, 0.25) is 0 Å². The van der Waals surface area contributed by atoms with Gasteiger partial charge in [-0.2, -0.15) is 0 Å². The Morgan fingerprint density at radius 3 is 3.00 bits per heavy atom. The second-order valence-electron chi connectivity index (χ2n) is 3.56. The third-order valence-corrected chi connectivity index (χ3v) is 2.73. The van der Waals surface area contributed by atoms with Crippen molar-refractivity contribution in [3.63, 3.8) is 0 Å². The number of aromatic nitrogens is 3. The van der Waals surface area contributed by atoms with E-state index in [4.69, 9.17) is 5.73 Å². The Morgan fingerprint density at radius 1 is 1.27 bits per heavy atom. The van der Waals surface area contributed by atoms with E-state index in [2.05, 4.69) is 14.5 Å². The van der Waals surface area contributed by atoms with Crippen molar-refractivity contribution in [2.45, 2.75) is 0 Å². The minimum atomic E-state index is 0.761. The first-order valence-corrected chi connectivity index (χ1v) is 4.71. The van der Waals surface area contributed by atoms with Crippen molar-refractivity contribution in [1.82, 2.24) is 14.5 Å². The van der Waals surface area contributed by atoms with Crippen molar-refractivity contribution >= 4 is 27.6 Å². The van der Waals surface area contributed by atoms with E-state index in [1.165, 1.54) is 0 Å². The van der Waals surface area contributed by atoms with Gasteiger partial charge in [-0.15, -0.1) is 0 Å². The van der Waals surface area contributed by atoms with Crippen LogP contribution in [-0.2, 0) is 7.05 Å². The highest BCUT2D eigenvalue weighted by Gasteiger charge is 2.10. The fraction of sp³-hybridized carbons (Fsp3) is 0.0909. The van der Waals surface area contributed by atoms with Gasteiger partial charge in [-0.25, -0.2) is 9.97 Å². The molecule has 0 fully saturated rings. The second kappa shape index (κ2) is 2.70. The number of anilines is 1. The van der Waals surface area contributed by atoms with E-state index in [-0.39, 0.29) is 0 Å². The lowest BCUT2D eigenvalue weighted by Gasteiger charge is -1.97. The van der Waals surface area contributed by atoms with Crippen LogP contribution in [0.15, 0.2) is 30.7 Å². The van der Waals surface area contributed by atoms with E-state index < -0.39 is 0 Å². The lowest BCUT2D eigenvalue weighted by Crippen LogP contribution is -1.88. The third-order valence-electron chi connectivity index (χ3n) is 2.73. The molecule has 2 heterocycles. The first kappa shape index (κ1) is 8.23. The first-order valence-electron chi connectivity index (χ1n) is 4.71. The zero-order valence-electron chi connectivity index (χ0n) is 8.31. The molecule has 0 saturated heterocycles. The third kappa shape index (κ3) is 0.958. The highest BCUT2D eigenvalue weighted by Crippen LogP contribution is 2.29. The van der Waals surface area contributed by atoms with E-state index in [0.29, 0.717) is 0 Å². The van der Waals surface area contributed by atoms with E-state index >= 15 is 0 Å². The molecule has 0 atom stereocenters. The lowest BCUT2D eigenvalue weighted by atomic mass is 10.2. The predicted molar refractivity (Wildman–Crippen MR) is 60.4 cm³/mol. The van der Waals surface area contributed by atoms with Crippen LogP contribution in [0.2, 0.25) is 0 Å². The zero-order chi connectivity index (χ0) is 10.4. The molecule has 74 valence electrons. The molecule has 0 aliphatic carbocycles. The molecule has 2 N–H and O–H groups in total. The quantitative estimate of drug-likeness (QED) is 0.559. The van der Waals surface area contributed by atoms with Crippen LogP contribution in [0.3, 0.4) is 0 Å². The molecular weight excluding hydrogens is 188 g/mol. The molecule has 1 aromatic carbocycles. The van der Waals surface area contributed by atoms with Crippen LogP contribution in [0.25, 0.3) is 21.9 Å². The molecule has 0 spiro atoms. The number of aryl methyl sites for hydroxylation is 1. The molecule has 15 heavy (non-hydrogen) atoms. The largest absolute Gasteiger partial charge is 0.398 e. The van der Waals surface area contributed by atoms with Crippen molar-refractivity contribution in [2.75, 3.05) is 5.73 Å². The van der Waals surface area contributed by atoms with Crippen molar-refractivity contribution < 1.29 is 0 Å². The smallest absolute Gasteiger partial charge is 0.116 e. The number of fused-ring (bicyclic) bond motifs is 3. The molecule has 4 heteroatoms. The number of hydrogen-bond donors (Lipinski definition) is 1. The summed E-state index contributed by atoms with van der Waals surface area (Å²) in [6, 6.07) is 5.88. The predicted octanol–water partition coefficient (Wildman–Crippen LogP) is 1.70. The summed E-state index contributed by atoms with van der Waals surface area (Å²) in [7, 11) is 1.99. The first-order chi connectivity index (χ1) is 7.29. The molecule has 3 aromatic rings. The average Bonchev–Trinajstić information content (AvgIpc) is 2.55. The number of nitrogen functional groups attached to an aromatic ring is 1. The minimum absolute atomic E-state index is 0.761. The highest BCUT2D eigenvalue weighted by molar-refractivity contribution is 6.11. The van der Waals surface area contributed by atoms with Crippen molar-refractivity contribution in [3.05, 3.63) is 30.7 Å². The second-order valence-corrected chi connectivity index (χ2v) is 3.56. The van der Waals surface area contributed by atoms with Crippen molar-refractivity contribution in [2.24, 2.45) is 7.05 Å². The molecular formula is C11H10N4. The van der Waals surface area contributed by atoms with Crippen LogP contribution in [0.4, 0.5) is 5.69 Å². The van der Waals surface area contributed by atoms with Gasteiger partial charge in [0, 0.05) is 18.1 Å². The zero-order valence-corrected chi connectivity index (χ0v) is 8.31. The normalized spacial score (nSPS) is 11.3. The van der Waals surface area contributed by atoms with E-state index in [0.717, 1.165) is 27.6 Å². The molecule has 3 rings (SSSR count). The van der Waals surface area contributed by atoms with Gasteiger partial charge in [-0.05, 0) is 12.1 Å². The Bertz CT molecular complexity index is 654. The maximum Gasteiger partial charge on any atom is 0.116 e. The van der Waals surface area contributed by atoms with E-state index in [1.54, 1.807) is 6.33 Å². The molecule has 0 unspecified atom stereocenters. The van der Waals surface area contributed by atoms with Crippen LogP contribution in [-0.4, -0.2) is 14.5 Å². The Hall–Kier alpha value is -2.10. The summed E-state index contributed by atoms with van der Waals surface area (Å²) in [4.78, 5) is 8.30. The summed E-state index contributed by atoms with van der Waals surface area (Å²) < 4.78 is 2.06. The summed E-state index contributed by atoms with van der Waals surface area (Å²) >= 11 is 0. The topological polar surface area (TPSA) is 56.7 Å². The summed E-state index contributed by atoms with van der Waals surface area (Å²) in [5.74, 6) is 0. The molecule has 0 amide bonds. The fourth-order valence-electron chi connectivity index (χ4n) is 1.99. The van der Waals surface area contributed by atoms with E-state index in [1.807, 2.05) is 31.4 Å². The molecule has 0 radical (unpaired) electrons. The van der Waals surface area contributed by atoms with Crippen LogP contribution < -0.4 is 5.73 Å². The van der Waals surface area contributed by atoms with Gasteiger partial charge < -0.3 is 10.3 Å². The van der Waals surface area contributed by atoms with Crippen LogP contribution >= 0.6 is 0 Å². The maximum absolute atomic E-state index is 5.96. The number of rotatable bonds is 0. The Labute approximate surface area is 86.4 Å². The summed E-state index contributed by atoms with van der Waals surface area (Å²) in [6.45, 7) is 0. The van der Waals surface area contributed by atoms with Gasteiger partial charge in [0.25, 0.3) is 0 Å². The van der Waals surface area contributed by atoms with Crippen molar-refractivity contribution in [1.29, 1.82) is 0 Å². The monoisotopic (exact) mass is 198 g/mol. The molecule has 0 aliphatic rings. The Kier molecular flexibility index (Phi) is 1.48. The molecule has 4 nitrogen and oxygen atoms in total. The maximum atomic E-state index is 5.96. The number of nitrogens with zero attached hydrogens (tertiary/aromatic N) is 3. The van der Waals surface area contributed by atoms with Gasteiger partial charge in [0.1, 0.15) is 11.8 Å². The van der Waals surface area contributed by atoms with Gasteiger partial charge in [0.15, 0.2) is 0 Å². The molecule has 0 bridgehead atoms. The molecule has 2 aromatic heterocycles. The van der Waals surface area contributed by atoms with Crippen LogP contribution in [0, 0.1) is 0 Å². The Morgan fingerprint density at radius 2 is 2.13 bits per heavy atom. The summed E-state index contributed by atoms with van der Waals surface area (Å²) in [5.41, 5.74) is 9.73. The van der Waals surface area contributed by atoms with Gasteiger partial charge >= 0.3 is 0 Å². The van der Waals surface area contributed by atoms with Gasteiger partial charge in [0.05, 0.1) is 17.2 Å².